The van der Waals surface area contributed by atoms with E-state index in [1.54, 1.807) is 38.5 Å². The number of halogens is 1. The zero-order valence-electron chi connectivity index (χ0n) is 19.1. The van der Waals surface area contributed by atoms with Gasteiger partial charge in [0.05, 0.1) is 10.4 Å². The number of nitrogen functional groups attached to an aromatic ring is 1. The van der Waals surface area contributed by atoms with Gasteiger partial charge in [-0.1, -0.05) is 29.8 Å². The number of ether oxygens (including phenoxy) is 2. The van der Waals surface area contributed by atoms with Crippen LogP contribution in [-0.2, 0) is 9.47 Å². The van der Waals surface area contributed by atoms with Crippen molar-refractivity contribution in [3.8, 4) is 11.1 Å². The minimum absolute atomic E-state index is 0.152. The van der Waals surface area contributed by atoms with Crippen LogP contribution in [0.5, 0.6) is 0 Å². The number of nitrogens with zero attached hydrogens (tertiary/aromatic N) is 2. The van der Waals surface area contributed by atoms with Crippen LogP contribution < -0.4 is 16.1 Å². The van der Waals surface area contributed by atoms with E-state index in [4.69, 9.17) is 31.2 Å². The normalized spacial score (nSPS) is 15.0. The van der Waals surface area contributed by atoms with Crippen LogP contribution in [0.15, 0.2) is 57.7 Å². The third-order valence-corrected chi connectivity index (χ3v) is 6.90. The first-order valence-corrected chi connectivity index (χ1v) is 11.6. The molecule has 0 atom stereocenters. The smallest absolute Gasteiger partial charge is 0.220 e. The molecule has 2 N–H and O–H groups in total. The number of hydrogen-bond donors (Lipinski definition) is 1. The summed E-state index contributed by atoms with van der Waals surface area (Å²) in [5.41, 5.74) is 9.70. The van der Waals surface area contributed by atoms with Crippen LogP contribution in [-0.4, -0.2) is 38.6 Å². The molecular formula is C26H26ClN3O4. The van der Waals surface area contributed by atoms with E-state index in [9.17, 15) is 4.79 Å². The maximum absolute atomic E-state index is 12.9. The molecule has 1 aliphatic heterocycles. The Morgan fingerprint density at radius 3 is 2.47 bits per heavy atom. The van der Waals surface area contributed by atoms with Crippen molar-refractivity contribution in [2.45, 2.75) is 19.1 Å². The Labute approximate surface area is 202 Å². The number of hydrogen-bond acceptors (Lipinski definition) is 7. The van der Waals surface area contributed by atoms with E-state index in [-0.39, 0.29) is 23.1 Å². The largest absolute Gasteiger partial charge is 0.454 e. The first kappa shape index (κ1) is 22.7. The predicted molar refractivity (Wildman–Crippen MR) is 135 cm³/mol. The Kier molecular flexibility index (Phi) is 6.16. The average Bonchev–Trinajstić information content (AvgIpc) is 2.86. The molecule has 0 saturated carbocycles. The number of pyridine rings is 1. The fraction of sp³-hybridized carbons (Fsp3) is 0.308. The van der Waals surface area contributed by atoms with E-state index in [2.05, 4.69) is 22.0 Å². The Bertz CT molecular complexity index is 1390. The number of nitrogens with two attached hydrogens (primary N) is 1. The molecule has 176 valence electrons. The summed E-state index contributed by atoms with van der Waals surface area (Å²) in [5, 5.41) is 0.643. The molecule has 3 heterocycles. The Hall–Kier alpha value is -3.13. The van der Waals surface area contributed by atoms with E-state index in [0.717, 1.165) is 37.2 Å². The molecule has 0 aliphatic carbocycles. The number of methoxy groups -OCH3 is 2. The highest BCUT2D eigenvalue weighted by atomic mass is 35.5. The second-order valence-corrected chi connectivity index (χ2v) is 8.93. The molecule has 2 aromatic carbocycles. The molecule has 7 nitrogen and oxygen atoms in total. The number of aromatic nitrogens is 1. The summed E-state index contributed by atoms with van der Waals surface area (Å²) in [6.07, 6.45) is 1.86. The lowest BCUT2D eigenvalue weighted by Gasteiger charge is -2.36. The molecular weight excluding hydrogens is 454 g/mol. The fourth-order valence-electron chi connectivity index (χ4n) is 4.79. The highest BCUT2D eigenvalue weighted by Crippen LogP contribution is 2.32. The van der Waals surface area contributed by atoms with E-state index >= 15 is 0 Å². The van der Waals surface area contributed by atoms with Crippen LogP contribution in [0.4, 0.5) is 11.5 Å². The summed E-state index contributed by atoms with van der Waals surface area (Å²) >= 11 is 6.21. The van der Waals surface area contributed by atoms with Crippen LogP contribution in [0.1, 0.15) is 12.8 Å². The van der Waals surface area contributed by atoms with Gasteiger partial charge >= 0.3 is 0 Å². The van der Waals surface area contributed by atoms with Gasteiger partial charge in [-0.2, -0.15) is 0 Å². The van der Waals surface area contributed by atoms with Crippen molar-refractivity contribution >= 4 is 45.2 Å². The average molecular weight is 480 g/mol. The van der Waals surface area contributed by atoms with Crippen molar-refractivity contribution < 1.29 is 13.9 Å². The van der Waals surface area contributed by atoms with Gasteiger partial charge in [0.1, 0.15) is 11.4 Å². The molecule has 0 unspecified atom stereocenters. The third-order valence-electron chi connectivity index (χ3n) is 6.59. The molecule has 1 fully saturated rings. The van der Waals surface area contributed by atoms with Crippen LogP contribution in [0.3, 0.4) is 0 Å². The summed E-state index contributed by atoms with van der Waals surface area (Å²) in [5.74, 6) is 0.666. The molecule has 4 aromatic rings. The Morgan fingerprint density at radius 1 is 1.09 bits per heavy atom. The lowest BCUT2D eigenvalue weighted by atomic mass is 9.95. The second-order valence-electron chi connectivity index (χ2n) is 8.52. The summed E-state index contributed by atoms with van der Waals surface area (Å²) in [6, 6.07) is 15.1. The van der Waals surface area contributed by atoms with E-state index < -0.39 is 0 Å². The summed E-state index contributed by atoms with van der Waals surface area (Å²) in [7, 11) is 3.38. The van der Waals surface area contributed by atoms with Crippen molar-refractivity contribution in [2.24, 2.45) is 5.92 Å². The maximum atomic E-state index is 12.9. The van der Waals surface area contributed by atoms with Crippen molar-refractivity contribution in [1.82, 2.24) is 4.98 Å². The van der Waals surface area contributed by atoms with Crippen LogP contribution in [0.2, 0.25) is 5.02 Å². The highest BCUT2D eigenvalue weighted by molar-refractivity contribution is 6.35. The van der Waals surface area contributed by atoms with Gasteiger partial charge < -0.3 is 24.5 Å². The van der Waals surface area contributed by atoms with Crippen molar-refractivity contribution in [1.29, 1.82) is 0 Å². The zero-order chi connectivity index (χ0) is 23.8. The number of anilines is 2. The van der Waals surface area contributed by atoms with E-state index in [1.165, 1.54) is 0 Å². The predicted octanol–water partition coefficient (Wildman–Crippen LogP) is 5.08. The number of rotatable bonds is 5. The number of fused-ring (bicyclic) bond motifs is 2. The zero-order valence-corrected chi connectivity index (χ0v) is 19.8. The quantitative estimate of drug-likeness (QED) is 0.315. The lowest BCUT2D eigenvalue weighted by molar-refractivity contribution is -0.141. The molecule has 5 rings (SSSR count). The summed E-state index contributed by atoms with van der Waals surface area (Å²) < 4.78 is 16.8. The lowest BCUT2D eigenvalue weighted by Crippen LogP contribution is -2.39. The van der Waals surface area contributed by atoms with E-state index in [0.29, 0.717) is 33.1 Å². The third kappa shape index (κ3) is 4.00. The van der Waals surface area contributed by atoms with Crippen LogP contribution in [0, 0.1) is 5.92 Å². The molecule has 0 radical (unpaired) electrons. The van der Waals surface area contributed by atoms with Gasteiger partial charge in [-0.25, -0.2) is 4.98 Å². The topological polar surface area (TPSA) is 90.8 Å². The molecule has 0 amide bonds. The molecule has 34 heavy (non-hydrogen) atoms. The Balaban J connectivity index is 1.43. The van der Waals surface area contributed by atoms with Gasteiger partial charge in [0, 0.05) is 44.5 Å². The van der Waals surface area contributed by atoms with Gasteiger partial charge in [0.25, 0.3) is 0 Å². The molecule has 1 saturated heterocycles. The molecule has 8 heteroatoms. The van der Waals surface area contributed by atoms with Crippen LogP contribution in [0.25, 0.3) is 33.2 Å². The molecule has 2 aromatic heterocycles. The number of piperidine rings is 1. The van der Waals surface area contributed by atoms with Crippen molar-refractivity contribution in [2.75, 3.05) is 37.9 Å². The van der Waals surface area contributed by atoms with Crippen molar-refractivity contribution in [3.05, 3.63) is 63.8 Å². The van der Waals surface area contributed by atoms with Gasteiger partial charge in [0.15, 0.2) is 17.4 Å². The van der Waals surface area contributed by atoms with Gasteiger partial charge in [-0.3, -0.25) is 4.79 Å². The molecule has 0 spiro atoms. The minimum atomic E-state index is -0.289. The first-order valence-electron chi connectivity index (χ1n) is 11.2. The van der Waals surface area contributed by atoms with Crippen LogP contribution >= 0.6 is 11.6 Å². The standard InChI is InChI=1S/C26H26ClN3O4/c1-32-26(33-2)16-10-12-30(13-11-16)17-8-6-15(7-9-17)18-14-21-23(29-25(18)28)24(31)22-19(27)4-3-5-20(22)34-21/h3-9,14,16,26H,10-13H2,1-2H3,(H2,28,29). The SMILES string of the molecule is COC(OC)C1CCN(c2ccc(-c3cc4oc5cccc(Cl)c5c(=O)c4nc3N)cc2)CC1. The Morgan fingerprint density at radius 2 is 1.79 bits per heavy atom. The molecule has 0 bridgehead atoms. The first-order chi connectivity index (χ1) is 16.5. The van der Waals surface area contributed by atoms with Crippen molar-refractivity contribution in [3.63, 3.8) is 0 Å². The minimum Gasteiger partial charge on any atom is -0.454 e. The summed E-state index contributed by atoms with van der Waals surface area (Å²) in [4.78, 5) is 19.7. The summed E-state index contributed by atoms with van der Waals surface area (Å²) in [6.45, 7) is 1.88. The van der Waals surface area contributed by atoms with Gasteiger partial charge in [-0.05, 0) is 48.7 Å². The highest BCUT2D eigenvalue weighted by Gasteiger charge is 2.26. The van der Waals surface area contributed by atoms with Gasteiger partial charge in [0.2, 0.25) is 5.43 Å². The maximum Gasteiger partial charge on any atom is 0.220 e. The monoisotopic (exact) mass is 479 g/mol. The number of benzene rings is 2. The second kappa shape index (κ2) is 9.25. The van der Waals surface area contributed by atoms with E-state index in [1.807, 2.05) is 12.1 Å². The van der Waals surface area contributed by atoms with Gasteiger partial charge in [-0.15, -0.1) is 0 Å². The molecule has 1 aliphatic rings. The fourth-order valence-corrected chi connectivity index (χ4v) is 5.04.